The van der Waals surface area contributed by atoms with E-state index >= 15 is 0 Å². The summed E-state index contributed by atoms with van der Waals surface area (Å²) < 4.78 is 74.3. The number of nitrogens with one attached hydrogen (secondary N) is 3. The number of thiophene rings is 1. The maximum Gasteiger partial charge on any atom is 0.401 e. The van der Waals surface area contributed by atoms with Gasteiger partial charge < -0.3 is 25.0 Å². The zero-order chi connectivity index (χ0) is 27.2. The van der Waals surface area contributed by atoms with Gasteiger partial charge in [-0.25, -0.2) is 0 Å². The quantitative estimate of drug-likeness (QED) is 0.379. The Morgan fingerprint density at radius 3 is 2.59 bits per heavy atom. The minimum absolute atomic E-state index is 0.150. The van der Waals surface area contributed by atoms with Crippen molar-refractivity contribution in [2.24, 2.45) is 0 Å². The van der Waals surface area contributed by atoms with Crippen LogP contribution in [0.4, 0.5) is 33.3 Å². The molecule has 16 heteroatoms. The number of ether oxygens (including phenoxy) is 2. The number of hydrogen-bond donors (Lipinski definition) is 3. The van der Waals surface area contributed by atoms with Crippen LogP contribution in [0.3, 0.4) is 0 Å². The molecule has 1 aromatic carbocycles. The lowest BCUT2D eigenvalue weighted by molar-refractivity contribution is -0.130. The minimum atomic E-state index is -4.68. The number of hydrogen-bond acceptors (Lipinski definition) is 7. The van der Waals surface area contributed by atoms with Crippen molar-refractivity contribution in [1.82, 2.24) is 10.6 Å². The summed E-state index contributed by atoms with van der Waals surface area (Å²) in [5, 5.41) is 6.56. The van der Waals surface area contributed by atoms with Crippen LogP contribution in [0.5, 0.6) is 5.75 Å². The van der Waals surface area contributed by atoms with Crippen molar-refractivity contribution in [3.8, 4) is 5.75 Å². The standard InChI is InChI=1S/C21H20ClF5N4O5S/c22-16-4-3-15(37-16)19(34)28-8-13(29-10-21(25,26)27)18(33)30-12-2-1-11(7-14(12)36-20(23)24)31-5-6-35-9-17(31)32/h1-4,7,13,20,29H,5-6,8-10H2,(H,28,34)(H,30,33)/t13-/m0/s1. The topological polar surface area (TPSA) is 109 Å². The summed E-state index contributed by atoms with van der Waals surface area (Å²) in [7, 11) is 0. The normalized spacial score (nSPS) is 15.0. The van der Waals surface area contributed by atoms with Crippen molar-refractivity contribution >= 4 is 52.0 Å². The Labute approximate surface area is 215 Å². The monoisotopic (exact) mass is 570 g/mol. The first-order valence-corrected chi connectivity index (χ1v) is 11.7. The van der Waals surface area contributed by atoms with Gasteiger partial charge in [0.2, 0.25) is 5.91 Å². The summed E-state index contributed by atoms with van der Waals surface area (Å²) in [4.78, 5) is 38.6. The molecule has 1 atom stereocenters. The number of amides is 3. The number of morpholine rings is 1. The van der Waals surface area contributed by atoms with E-state index in [1.165, 1.54) is 29.2 Å². The third-order valence-corrected chi connectivity index (χ3v) is 6.10. The summed E-state index contributed by atoms with van der Waals surface area (Å²) in [5.41, 5.74) is -0.0968. The molecular weight excluding hydrogens is 551 g/mol. The Hall–Kier alpha value is -3.01. The molecule has 3 amide bonds. The van der Waals surface area contributed by atoms with Gasteiger partial charge in [0, 0.05) is 24.8 Å². The Balaban J connectivity index is 1.77. The molecule has 1 saturated heterocycles. The van der Waals surface area contributed by atoms with Gasteiger partial charge in [0.15, 0.2) is 5.75 Å². The van der Waals surface area contributed by atoms with Gasteiger partial charge in [-0.3, -0.25) is 19.7 Å². The molecule has 3 N–H and O–H groups in total. The first kappa shape index (κ1) is 28.6. The molecule has 0 saturated carbocycles. The largest absolute Gasteiger partial charge is 0.433 e. The zero-order valence-corrected chi connectivity index (χ0v) is 20.3. The third-order valence-electron chi connectivity index (χ3n) is 4.87. The number of rotatable bonds is 10. The number of carbonyl (C=O) groups is 3. The third kappa shape index (κ3) is 8.52. The predicted octanol–water partition coefficient (Wildman–Crippen LogP) is 3.26. The number of nitrogens with zero attached hydrogens (tertiary/aromatic N) is 1. The van der Waals surface area contributed by atoms with Crippen molar-refractivity contribution in [3.05, 3.63) is 39.5 Å². The highest BCUT2D eigenvalue weighted by Crippen LogP contribution is 2.32. The van der Waals surface area contributed by atoms with E-state index in [9.17, 15) is 36.3 Å². The lowest BCUT2D eigenvalue weighted by atomic mass is 10.2. The van der Waals surface area contributed by atoms with Gasteiger partial charge in [-0.15, -0.1) is 11.3 Å². The fourth-order valence-electron chi connectivity index (χ4n) is 3.20. The van der Waals surface area contributed by atoms with Gasteiger partial charge >= 0.3 is 12.8 Å². The lowest BCUT2D eigenvalue weighted by Gasteiger charge is -2.27. The minimum Gasteiger partial charge on any atom is -0.433 e. The molecule has 9 nitrogen and oxygen atoms in total. The molecule has 37 heavy (non-hydrogen) atoms. The van der Waals surface area contributed by atoms with Gasteiger partial charge in [0.25, 0.3) is 11.8 Å². The summed E-state index contributed by atoms with van der Waals surface area (Å²) in [6, 6.07) is 4.84. The van der Waals surface area contributed by atoms with E-state index in [0.717, 1.165) is 17.4 Å². The zero-order valence-electron chi connectivity index (χ0n) is 18.7. The van der Waals surface area contributed by atoms with Crippen molar-refractivity contribution < 1.29 is 45.8 Å². The molecule has 1 fully saturated rings. The molecule has 1 aliphatic heterocycles. The highest BCUT2D eigenvalue weighted by molar-refractivity contribution is 7.18. The molecule has 2 heterocycles. The van der Waals surface area contributed by atoms with Crippen LogP contribution < -0.4 is 25.6 Å². The van der Waals surface area contributed by atoms with Gasteiger partial charge in [0.1, 0.15) is 12.6 Å². The molecule has 2 aromatic rings. The van der Waals surface area contributed by atoms with Crippen molar-refractivity contribution in [2.75, 3.05) is 43.1 Å². The van der Waals surface area contributed by atoms with E-state index in [2.05, 4.69) is 15.4 Å². The average molecular weight is 571 g/mol. The van der Waals surface area contributed by atoms with E-state index in [4.69, 9.17) is 16.3 Å². The molecule has 0 unspecified atom stereocenters. The summed E-state index contributed by atoms with van der Waals surface area (Å²) in [6.07, 6.45) is -4.68. The van der Waals surface area contributed by atoms with Gasteiger partial charge in [-0.1, -0.05) is 11.6 Å². The maximum absolute atomic E-state index is 13.0. The first-order chi connectivity index (χ1) is 17.4. The number of halogens is 6. The Kier molecular flexibility index (Phi) is 9.64. The number of alkyl halides is 5. The van der Waals surface area contributed by atoms with Crippen LogP contribution in [0.2, 0.25) is 4.34 Å². The second-order valence-electron chi connectivity index (χ2n) is 7.51. The maximum atomic E-state index is 13.0. The summed E-state index contributed by atoms with van der Waals surface area (Å²) in [5.74, 6) is -2.69. The summed E-state index contributed by atoms with van der Waals surface area (Å²) >= 11 is 6.70. The second-order valence-corrected chi connectivity index (χ2v) is 9.22. The molecule has 0 aliphatic carbocycles. The van der Waals surface area contributed by atoms with Gasteiger partial charge in [-0.2, -0.15) is 22.0 Å². The average Bonchev–Trinajstić information content (AvgIpc) is 3.25. The molecular formula is C21H20ClF5N4O5S. The number of anilines is 2. The SMILES string of the molecule is O=C(NC[C@H](NCC(F)(F)F)C(=O)Nc1ccc(N2CCOCC2=O)cc1OC(F)F)c1ccc(Cl)s1. The molecule has 202 valence electrons. The van der Waals surface area contributed by atoms with Gasteiger partial charge in [-0.05, 0) is 24.3 Å². The fraction of sp³-hybridized carbons (Fsp3) is 0.381. The Morgan fingerprint density at radius 1 is 1.22 bits per heavy atom. The molecule has 0 radical (unpaired) electrons. The van der Waals surface area contributed by atoms with E-state index in [0.29, 0.717) is 4.34 Å². The first-order valence-electron chi connectivity index (χ1n) is 10.5. The van der Waals surface area contributed by atoms with Crippen LogP contribution >= 0.6 is 22.9 Å². The highest BCUT2D eigenvalue weighted by Gasteiger charge is 2.31. The molecule has 0 bridgehead atoms. The van der Waals surface area contributed by atoms with Crippen LogP contribution in [0.1, 0.15) is 9.67 Å². The van der Waals surface area contributed by atoms with E-state index in [1.807, 2.05) is 5.32 Å². The van der Waals surface area contributed by atoms with Crippen molar-refractivity contribution in [2.45, 2.75) is 18.8 Å². The Morgan fingerprint density at radius 2 is 1.97 bits per heavy atom. The van der Waals surface area contributed by atoms with Crippen LogP contribution in [-0.4, -0.2) is 69.4 Å². The fourth-order valence-corrected chi connectivity index (χ4v) is 4.16. The van der Waals surface area contributed by atoms with Crippen LogP contribution in [0.15, 0.2) is 30.3 Å². The van der Waals surface area contributed by atoms with Crippen LogP contribution in [-0.2, 0) is 14.3 Å². The van der Waals surface area contributed by atoms with Crippen molar-refractivity contribution in [3.63, 3.8) is 0 Å². The van der Waals surface area contributed by atoms with Gasteiger partial charge in [0.05, 0.1) is 28.1 Å². The van der Waals surface area contributed by atoms with E-state index < -0.39 is 55.4 Å². The van der Waals surface area contributed by atoms with E-state index in [-0.39, 0.29) is 36.0 Å². The summed E-state index contributed by atoms with van der Waals surface area (Å²) in [6.45, 7) is -5.28. The lowest BCUT2D eigenvalue weighted by Crippen LogP contribution is -2.50. The second kappa shape index (κ2) is 12.5. The molecule has 1 aromatic heterocycles. The van der Waals surface area contributed by atoms with Crippen LogP contribution in [0.25, 0.3) is 0 Å². The molecule has 3 rings (SSSR count). The van der Waals surface area contributed by atoms with Crippen molar-refractivity contribution in [1.29, 1.82) is 0 Å². The number of carbonyl (C=O) groups excluding carboxylic acids is 3. The molecule has 0 spiro atoms. The number of benzene rings is 1. The van der Waals surface area contributed by atoms with Crippen LogP contribution in [0, 0.1) is 0 Å². The highest BCUT2D eigenvalue weighted by atomic mass is 35.5. The smallest absolute Gasteiger partial charge is 0.401 e. The van der Waals surface area contributed by atoms with E-state index in [1.54, 1.807) is 0 Å². The Bertz CT molecular complexity index is 1130. The predicted molar refractivity (Wildman–Crippen MR) is 124 cm³/mol. The molecule has 1 aliphatic rings.